The smallest absolute Gasteiger partial charge is 0.0247 e. The van der Waals surface area contributed by atoms with E-state index in [2.05, 4.69) is 17.6 Å². The Labute approximate surface area is 62.4 Å². The summed E-state index contributed by atoms with van der Waals surface area (Å²) in [5.41, 5.74) is 0. The molecule has 0 aromatic carbocycles. The fourth-order valence-corrected chi connectivity index (χ4v) is 2.31. The van der Waals surface area contributed by atoms with Crippen LogP contribution >= 0.6 is 0 Å². The van der Waals surface area contributed by atoms with Crippen LogP contribution in [-0.2, 0) is 0 Å². The molecule has 2 nitrogen and oxygen atoms in total. The molecule has 0 spiro atoms. The van der Waals surface area contributed by atoms with Crippen LogP contribution in [0.4, 0.5) is 0 Å². The van der Waals surface area contributed by atoms with Crippen molar-refractivity contribution >= 4 is 0 Å². The number of hydrogen-bond acceptors (Lipinski definition) is 2. The first kappa shape index (κ1) is 6.62. The highest BCUT2D eigenvalue weighted by Gasteiger charge is 2.33. The van der Waals surface area contributed by atoms with E-state index >= 15 is 0 Å². The summed E-state index contributed by atoms with van der Waals surface area (Å²) in [7, 11) is 0. The first-order chi connectivity index (χ1) is 4.88. The molecule has 3 atom stereocenters. The molecule has 58 valence electrons. The second kappa shape index (κ2) is 2.51. The molecule has 2 heteroatoms. The fourth-order valence-electron chi connectivity index (χ4n) is 2.31. The summed E-state index contributed by atoms with van der Waals surface area (Å²) in [5, 5.41) is 7.04. The maximum Gasteiger partial charge on any atom is 0.0247 e. The van der Waals surface area contributed by atoms with Gasteiger partial charge in [0.25, 0.3) is 0 Å². The second-order valence-corrected chi connectivity index (χ2v) is 3.56. The molecular formula is C8H16N2. The largest absolute Gasteiger partial charge is 0.313 e. The molecular weight excluding hydrogens is 124 g/mol. The molecule has 2 fully saturated rings. The minimum atomic E-state index is 0.696. The predicted molar refractivity (Wildman–Crippen MR) is 42.0 cm³/mol. The summed E-state index contributed by atoms with van der Waals surface area (Å²) in [6.07, 6.45) is 2.78. The van der Waals surface area contributed by atoms with Crippen molar-refractivity contribution in [1.82, 2.24) is 10.6 Å². The van der Waals surface area contributed by atoms with Gasteiger partial charge < -0.3 is 10.6 Å². The number of fused-ring (bicyclic) bond motifs is 1. The Morgan fingerprint density at radius 1 is 1.10 bits per heavy atom. The average molecular weight is 140 g/mol. The van der Waals surface area contributed by atoms with Crippen LogP contribution in [0, 0.1) is 5.92 Å². The molecule has 0 aromatic rings. The van der Waals surface area contributed by atoms with Gasteiger partial charge in [-0.3, -0.25) is 0 Å². The highest BCUT2D eigenvalue weighted by molar-refractivity contribution is 4.94. The molecule has 0 radical (unpaired) electrons. The summed E-state index contributed by atoms with van der Waals surface area (Å²) < 4.78 is 0. The second-order valence-electron chi connectivity index (χ2n) is 3.56. The van der Waals surface area contributed by atoms with Gasteiger partial charge in [-0.15, -0.1) is 0 Å². The Morgan fingerprint density at radius 3 is 2.50 bits per heavy atom. The lowest BCUT2D eigenvalue weighted by molar-refractivity contribution is 0.280. The van der Waals surface area contributed by atoms with Gasteiger partial charge in [0, 0.05) is 12.1 Å². The van der Waals surface area contributed by atoms with Crippen LogP contribution in [0.2, 0.25) is 0 Å². The number of hydrogen-bond donors (Lipinski definition) is 2. The standard InChI is InChI=1S/C8H16N2/c1-6-8-7(2-4-9-6)3-5-10-8/h6-10H,2-5H2,1H3. The first-order valence-corrected chi connectivity index (χ1v) is 4.34. The Bertz CT molecular complexity index is 124. The van der Waals surface area contributed by atoms with Crippen molar-refractivity contribution in [2.24, 2.45) is 5.92 Å². The van der Waals surface area contributed by atoms with E-state index in [0.29, 0.717) is 6.04 Å². The molecule has 2 rings (SSSR count). The van der Waals surface area contributed by atoms with Gasteiger partial charge in [-0.2, -0.15) is 0 Å². The quantitative estimate of drug-likeness (QED) is 0.507. The Kier molecular flexibility index (Phi) is 1.66. The minimum Gasteiger partial charge on any atom is -0.313 e. The first-order valence-electron chi connectivity index (χ1n) is 4.34. The third kappa shape index (κ3) is 0.956. The van der Waals surface area contributed by atoms with Crippen molar-refractivity contribution in [2.45, 2.75) is 31.8 Å². The van der Waals surface area contributed by atoms with E-state index in [1.54, 1.807) is 0 Å². The third-order valence-corrected chi connectivity index (χ3v) is 2.92. The van der Waals surface area contributed by atoms with Crippen molar-refractivity contribution < 1.29 is 0 Å². The molecule has 2 aliphatic heterocycles. The summed E-state index contributed by atoms with van der Waals surface area (Å²) in [6, 6.07) is 1.47. The molecule has 0 bridgehead atoms. The Hall–Kier alpha value is -0.0800. The van der Waals surface area contributed by atoms with Crippen LogP contribution in [0.25, 0.3) is 0 Å². The van der Waals surface area contributed by atoms with Crippen LogP contribution in [0.5, 0.6) is 0 Å². The summed E-state index contributed by atoms with van der Waals surface area (Å²) in [6.45, 7) is 4.75. The van der Waals surface area contributed by atoms with Crippen molar-refractivity contribution in [1.29, 1.82) is 0 Å². The van der Waals surface area contributed by atoms with E-state index in [9.17, 15) is 0 Å². The zero-order valence-corrected chi connectivity index (χ0v) is 6.56. The maximum absolute atomic E-state index is 3.55. The molecule has 0 aromatic heterocycles. The molecule has 0 aliphatic carbocycles. The summed E-state index contributed by atoms with van der Waals surface area (Å²) >= 11 is 0. The Morgan fingerprint density at radius 2 is 1.80 bits per heavy atom. The van der Waals surface area contributed by atoms with Gasteiger partial charge in [0.1, 0.15) is 0 Å². The fraction of sp³-hybridized carbons (Fsp3) is 1.00. The molecule has 3 unspecified atom stereocenters. The van der Waals surface area contributed by atoms with Crippen LogP contribution in [-0.4, -0.2) is 25.2 Å². The van der Waals surface area contributed by atoms with E-state index in [-0.39, 0.29) is 0 Å². The maximum atomic E-state index is 3.55. The van der Waals surface area contributed by atoms with Gasteiger partial charge >= 0.3 is 0 Å². The molecule has 0 amide bonds. The van der Waals surface area contributed by atoms with Gasteiger partial charge in [-0.1, -0.05) is 0 Å². The van der Waals surface area contributed by atoms with Gasteiger partial charge in [0.05, 0.1) is 0 Å². The molecule has 2 heterocycles. The number of piperidine rings is 1. The Balaban J connectivity index is 2.03. The lowest BCUT2D eigenvalue weighted by Gasteiger charge is -2.32. The molecule has 0 saturated carbocycles. The van der Waals surface area contributed by atoms with Gasteiger partial charge in [0.15, 0.2) is 0 Å². The van der Waals surface area contributed by atoms with Crippen LogP contribution < -0.4 is 10.6 Å². The lowest BCUT2D eigenvalue weighted by atomic mass is 9.89. The van der Waals surface area contributed by atoms with E-state index in [1.807, 2.05) is 0 Å². The van der Waals surface area contributed by atoms with Crippen molar-refractivity contribution in [3.05, 3.63) is 0 Å². The highest BCUT2D eigenvalue weighted by atomic mass is 15.1. The van der Waals surface area contributed by atoms with E-state index in [4.69, 9.17) is 0 Å². The number of rotatable bonds is 0. The molecule has 2 saturated heterocycles. The SMILES string of the molecule is CC1NCCC2CCNC21. The zero-order chi connectivity index (χ0) is 6.97. The normalized spacial score (nSPS) is 47.1. The third-order valence-electron chi connectivity index (χ3n) is 2.92. The van der Waals surface area contributed by atoms with E-state index < -0.39 is 0 Å². The predicted octanol–water partition coefficient (Wildman–Crippen LogP) is 0.346. The van der Waals surface area contributed by atoms with E-state index in [0.717, 1.165) is 12.0 Å². The topological polar surface area (TPSA) is 24.1 Å². The molecule has 10 heavy (non-hydrogen) atoms. The average Bonchev–Trinajstić information content (AvgIpc) is 2.36. The van der Waals surface area contributed by atoms with Crippen LogP contribution in [0.1, 0.15) is 19.8 Å². The number of nitrogens with one attached hydrogen (secondary N) is 2. The van der Waals surface area contributed by atoms with Crippen molar-refractivity contribution in [3.8, 4) is 0 Å². The zero-order valence-electron chi connectivity index (χ0n) is 6.56. The van der Waals surface area contributed by atoms with Crippen LogP contribution in [0.15, 0.2) is 0 Å². The summed E-state index contributed by atoms with van der Waals surface area (Å²) in [5.74, 6) is 0.969. The van der Waals surface area contributed by atoms with E-state index in [1.165, 1.54) is 25.9 Å². The summed E-state index contributed by atoms with van der Waals surface area (Å²) in [4.78, 5) is 0. The molecule has 2 aliphatic rings. The lowest BCUT2D eigenvalue weighted by Crippen LogP contribution is -2.50. The monoisotopic (exact) mass is 140 g/mol. The van der Waals surface area contributed by atoms with Crippen molar-refractivity contribution in [2.75, 3.05) is 13.1 Å². The molecule has 2 N–H and O–H groups in total. The minimum absolute atomic E-state index is 0.696. The van der Waals surface area contributed by atoms with Gasteiger partial charge in [-0.25, -0.2) is 0 Å². The van der Waals surface area contributed by atoms with Gasteiger partial charge in [-0.05, 0) is 38.8 Å². The van der Waals surface area contributed by atoms with Crippen molar-refractivity contribution in [3.63, 3.8) is 0 Å². The van der Waals surface area contributed by atoms with Crippen LogP contribution in [0.3, 0.4) is 0 Å². The van der Waals surface area contributed by atoms with Gasteiger partial charge in [0.2, 0.25) is 0 Å². The highest BCUT2D eigenvalue weighted by Crippen LogP contribution is 2.24.